The van der Waals surface area contributed by atoms with E-state index < -0.39 is 0 Å². The molecular formula is C15H18N2. The van der Waals surface area contributed by atoms with Crippen LogP contribution < -0.4 is 4.90 Å². The van der Waals surface area contributed by atoms with E-state index in [1.165, 1.54) is 11.8 Å². The molecule has 1 aromatic carbocycles. The van der Waals surface area contributed by atoms with E-state index in [9.17, 15) is 0 Å². The first-order valence-electron chi connectivity index (χ1n) is 6.38. The van der Waals surface area contributed by atoms with Gasteiger partial charge in [0.05, 0.1) is 5.52 Å². The summed E-state index contributed by atoms with van der Waals surface area (Å²) >= 11 is 0. The van der Waals surface area contributed by atoms with Crippen LogP contribution in [0.25, 0.3) is 10.9 Å². The normalized spacial score (nSPS) is 24.5. The van der Waals surface area contributed by atoms with Gasteiger partial charge in [-0.3, -0.25) is 0 Å². The molecule has 1 fully saturated rings. The monoisotopic (exact) mass is 226 g/mol. The van der Waals surface area contributed by atoms with Crippen LogP contribution in [-0.2, 0) is 0 Å². The molecule has 0 amide bonds. The van der Waals surface area contributed by atoms with Gasteiger partial charge in [-0.15, -0.1) is 0 Å². The Labute approximate surface area is 102 Å². The first kappa shape index (κ1) is 10.6. The summed E-state index contributed by atoms with van der Waals surface area (Å²) in [6, 6.07) is 13.2. The Morgan fingerprint density at radius 1 is 1.12 bits per heavy atom. The Hall–Kier alpha value is -1.57. The van der Waals surface area contributed by atoms with Crippen molar-refractivity contribution in [2.75, 3.05) is 11.4 Å². The molecule has 1 aliphatic rings. The molecule has 2 heterocycles. The van der Waals surface area contributed by atoms with Gasteiger partial charge < -0.3 is 4.90 Å². The largest absolute Gasteiger partial charge is 0.354 e. The number of pyridine rings is 1. The third-order valence-corrected chi connectivity index (χ3v) is 4.02. The molecule has 0 spiro atoms. The second-order valence-corrected chi connectivity index (χ2v) is 5.06. The molecule has 1 aromatic heterocycles. The van der Waals surface area contributed by atoms with E-state index >= 15 is 0 Å². The van der Waals surface area contributed by atoms with Gasteiger partial charge in [0.2, 0.25) is 0 Å². The lowest BCUT2D eigenvalue weighted by molar-refractivity contribution is 0.545. The van der Waals surface area contributed by atoms with E-state index in [0.29, 0.717) is 6.04 Å². The van der Waals surface area contributed by atoms with Gasteiger partial charge in [-0.05, 0) is 37.5 Å². The number of anilines is 1. The first-order chi connectivity index (χ1) is 8.25. The number of fused-ring (bicyclic) bond motifs is 1. The third-order valence-electron chi connectivity index (χ3n) is 4.02. The molecule has 0 saturated carbocycles. The van der Waals surface area contributed by atoms with Crippen LogP contribution in [0.15, 0.2) is 36.4 Å². The smallest absolute Gasteiger partial charge is 0.129 e. The summed E-state index contributed by atoms with van der Waals surface area (Å²) in [6.45, 7) is 5.76. The summed E-state index contributed by atoms with van der Waals surface area (Å²) in [7, 11) is 0. The topological polar surface area (TPSA) is 16.1 Å². The molecule has 1 aliphatic heterocycles. The predicted octanol–water partition coefficient (Wildman–Crippen LogP) is 3.47. The molecule has 17 heavy (non-hydrogen) atoms. The minimum absolute atomic E-state index is 0.601. The molecule has 0 N–H and O–H groups in total. The van der Waals surface area contributed by atoms with Gasteiger partial charge in [-0.1, -0.05) is 25.1 Å². The van der Waals surface area contributed by atoms with Crippen LogP contribution in [0.2, 0.25) is 0 Å². The average Bonchev–Trinajstić information content (AvgIpc) is 2.70. The molecule has 1 saturated heterocycles. The molecule has 88 valence electrons. The van der Waals surface area contributed by atoms with Gasteiger partial charge >= 0.3 is 0 Å². The van der Waals surface area contributed by atoms with Crippen molar-refractivity contribution < 1.29 is 0 Å². The van der Waals surface area contributed by atoms with E-state index in [2.05, 4.69) is 55.1 Å². The third kappa shape index (κ3) is 1.78. The lowest BCUT2D eigenvalue weighted by Crippen LogP contribution is -2.29. The zero-order chi connectivity index (χ0) is 11.8. The van der Waals surface area contributed by atoms with Crippen LogP contribution in [0.3, 0.4) is 0 Å². The van der Waals surface area contributed by atoms with E-state index in [0.717, 1.165) is 23.8 Å². The molecule has 0 radical (unpaired) electrons. The highest BCUT2D eigenvalue weighted by Gasteiger charge is 2.28. The lowest BCUT2D eigenvalue weighted by Gasteiger charge is -2.24. The summed E-state index contributed by atoms with van der Waals surface area (Å²) in [5, 5.41) is 1.22. The summed E-state index contributed by atoms with van der Waals surface area (Å²) in [6.07, 6.45) is 1.27. The number of nitrogens with zero attached hydrogens (tertiary/aromatic N) is 2. The van der Waals surface area contributed by atoms with Crippen LogP contribution in [0.5, 0.6) is 0 Å². The highest BCUT2D eigenvalue weighted by molar-refractivity contribution is 5.80. The molecule has 2 aromatic rings. The Bertz CT molecular complexity index is 535. The Morgan fingerprint density at radius 2 is 1.94 bits per heavy atom. The second kappa shape index (κ2) is 4.02. The fourth-order valence-electron chi connectivity index (χ4n) is 2.63. The number of rotatable bonds is 1. The summed E-state index contributed by atoms with van der Waals surface area (Å²) in [4.78, 5) is 7.20. The van der Waals surface area contributed by atoms with Crippen molar-refractivity contribution in [3.05, 3.63) is 36.4 Å². The van der Waals surface area contributed by atoms with Gasteiger partial charge in [0, 0.05) is 18.0 Å². The zero-order valence-electron chi connectivity index (χ0n) is 10.4. The van der Waals surface area contributed by atoms with Crippen molar-refractivity contribution in [3.63, 3.8) is 0 Å². The molecule has 0 bridgehead atoms. The molecule has 2 atom stereocenters. The number of aromatic nitrogens is 1. The fourth-order valence-corrected chi connectivity index (χ4v) is 2.63. The highest BCUT2D eigenvalue weighted by Crippen LogP contribution is 2.29. The quantitative estimate of drug-likeness (QED) is 0.740. The minimum atomic E-state index is 0.601. The number of para-hydroxylation sites is 1. The van der Waals surface area contributed by atoms with Gasteiger partial charge in [-0.2, -0.15) is 0 Å². The standard InChI is InChI=1S/C15H18N2/c1-11-9-10-17(12(11)2)15-8-7-13-5-3-4-6-14(13)16-15/h3-8,11-12H,9-10H2,1-2H3. The van der Waals surface area contributed by atoms with E-state index in [-0.39, 0.29) is 0 Å². The van der Waals surface area contributed by atoms with Gasteiger partial charge in [0.1, 0.15) is 5.82 Å². The van der Waals surface area contributed by atoms with Gasteiger partial charge in [-0.25, -0.2) is 4.98 Å². The summed E-state index contributed by atoms with van der Waals surface area (Å²) in [5.41, 5.74) is 1.09. The van der Waals surface area contributed by atoms with Gasteiger partial charge in [0.25, 0.3) is 0 Å². The average molecular weight is 226 g/mol. The minimum Gasteiger partial charge on any atom is -0.354 e. The highest BCUT2D eigenvalue weighted by atomic mass is 15.2. The van der Waals surface area contributed by atoms with Crippen molar-refractivity contribution in [1.29, 1.82) is 0 Å². The van der Waals surface area contributed by atoms with Crippen LogP contribution in [0, 0.1) is 5.92 Å². The SMILES string of the molecule is CC1CCN(c2ccc3ccccc3n2)C1C. The lowest BCUT2D eigenvalue weighted by atomic mass is 10.1. The van der Waals surface area contributed by atoms with Crippen LogP contribution in [0.4, 0.5) is 5.82 Å². The van der Waals surface area contributed by atoms with Crippen LogP contribution >= 0.6 is 0 Å². The maximum absolute atomic E-state index is 4.77. The Kier molecular flexibility index (Phi) is 2.50. The zero-order valence-corrected chi connectivity index (χ0v) is 10.4. The maximum Gasteiger partial charge on any atom is 0.129 e. The summed E-state index contributed by atoms with van der Waals surface area (Å²) < 4.78 is 0. The molecule has 0 aliphatic carbocycles. The molecule has 2 heteroatoms. The van der Waals surface area contributed by atoms with Crippen molar-refractivity contribution in [2.24, 2.45) is 5.92 Å². The second-order valence-electron chi connectivity index (χ2n) is 5.06. The van der Waals surface area contributed by atoms with E-state index in [4.69, 9.17) is 4.98 Å². The number of benzene rings is 1. The first-order valence-corrected chi connectivity index (χ1v) is 6.38. The molecule has 3 rings (SSSR count). The van der Waals surface area contributed by atoms with Crippen molar-refractivity contribution >= 4 is 16.7 Å². The van der Waals surface area contributed by atoms with Crippen molar-refractivity contribution in [1.82, 2.24) is 4.98 Å². The van der Waals surface area contributed by atoms with Crippen molar-refractivity contribution in [2.45, 2.75) is 26.3 Å². The molecule has 2 nitrogen and oxygen atoms in total. The van der Waals surface area contributed by atoms with E-state index in [1.807, 2.05) is 0 Å². The number of hydrogen-bond acceptors (Lipinski definition) is 2. The fraction of sp³-hybridized carbons (Fsp3) is 0.400. The van der Waals surface area contributed by atoms with Crippen molar-refractivity contribution in [3.8, 4) is 0 Å². The molecular weight excluding hydrogens is 208 g/mol. The predicted molar refractivity (Wildman–Crippen MR) is 72.3 cm³/mol. The van der Waals surface area contributed by atoms with Gasteiger partial charge in [0.15, 0.2) is 0 Å². The number of hydrogen-bond donors (Lipinski definition) is 0. The van der Waals surface area contributed by atoms with E-state index in [1.54, 1.807) is 0 Å². The Morgan fingerprint density at radius 3 is 2.71 bits per heavy atom. The maximum atomic E-state index is 4.77. The Balaban J connectivity index is 2.01. The molecule has 2 unspecified atom stereocenters. The van der Waals surface area contributed by atoms with Crippen LogP contribution in [-0.4, -0.2) is 17.6 Å². The summed E-state index contributed by atoms with van der Waals surface area (Å²) in [5.74, 6) is 1.89. The van der Waals surface area contributed by atoms with Crippen LogP contribution in [0.1, 0.15) is 20.3 Å².